The summed E-state index contributed by atoms with van der Waals surface area (Å²) in [5.74, 6) is 1.04. The average molecular weight is 704 g/mol. The second-order valence-corrected chi connectivity index (χ2v) is 10.3. The molecule has 0 aliphatic rings. The van der Waals surface area contributed by atoms with Crippen LogP contribution in [0.3, 0.4) is 0 Å². The van der Waals surface area contributed by atoms with Crippen molar-refractivity contribution in [2.75, 3.05) is 0 Å². The summed E-state index contributed by atoms with van der Waals surface area (Å²) in [7, 11) is 0. The summed E-state index contributed by atoms with van der Waals surface area (Å²) < 4.78 is 2.17. The number of hydrogen-bond acceptors (Lipinski definition) is 4. The van der Waals surface area contributed by atoms with Crippen molar-refractivity contribution in [3.05, 3.63) is 121 Å². The third kappa shape index (κ3) is 4.52. The molecule has 0 saturated carbocycles. The summed E-state index contributed by atoms with van der Waals surface area (Å²) in [5, 5.41) is 14.7. The molecular formula is C33H22N3OPtS-. The summed E-state index contributed by atoms with van der Waals surface area (Å²) >= 11 is 1.53. The molecule has 6 heteroatoms. The van der Waals surface area contributed by atoms with Crippen molar-refractivity contribution in [1.82, 2.24) is 14.5 Å². The normalized spacial score (nSPS) is 11.2. The number of nitrogens with zero attached hydrogens (tertiary/aromatic N) is 3. The first-order valence-corrected chi connectivity index (χ1v) is 13.2. The van der Waals surface area contributed by atoms with Gasteiger partial charge in [-0.25, -0.2) is 9.97 Å². The number of rotatable bonds is 4. The van der Waals surface area contributed by atoms with Crippen molar-refractivity contribution in [3.63, 3.8) is 0 Å². The van der Waals surface area contributed by atoms with Crippen molar-refractivity contribution >= 4 is 44.5 Å². The molecule has 4 nitrogen and oxygen atoms in total. The van der Waals surface area contributed by atoms with E-state index >= 15 is 0 Å². The number of aromatic hydroxyl groups is 1. The summed E-state index contributed by atoms with van der Waals surface area (Å²) in [5.41, 5.74) is 5.93. The SMILES string of the molecule is Cc1ccc(-n2c3[c-]c(Sc4ccc5c(-c6ccccc6)ccc(O)c5n4)ccc3c3ccccc32)nc1.[Pt]. The van der Waals surface area contributed by atoms with E-state index in [9.17, 15) is 5.11 Å². The van der Waals surface area contributed by atoms with E-state index in [1.807, 2.05) is 55.6 Å². The number of hydrogen-bond donors (Lipinski definition) is 1. The molecule has 4 aromatic carbocycles. The van der Waals surface area contributed by atoms with Crippen molar-refractivity contribution in [1.29, 1.82) is 0 Å². The van der Waals surface area contributed by atoms with Crippen molar-refractivity contribution in [2.24, 2.45) is 0 Å². The van der Waals surface area contributed by atoms with E-state index in [1.54, 1.807) is 6.07 Å². The van der Waals surface area contributed by atoms with Crippen LogP contribution in [0.4, 0.5) is 0 Å². The third-order valence-electron chi connectivity index (χ3n) is 6.79. The van der Waals surface area contributed by atoms with Gasteiger partial charge in [0.25, 0.3) is 0 Å². The van der Waals surface area contributed by atoms with Gasteiger partial charge in [0.2, 0.25) is 0 Å². The Morgan fingerprint density at radius 2 is 1.56 bits per heavy atom. The maximum atomic E-state index is 10.6. The molecule has 0 radical (unpaired) electrons. The Morgan fingerprint density at radius 1 is 0.769 bits per heavy atom. The monoisotopic (exact) mass is 703 g/mol. The smallest absolute Gasteiger partial charge is 0.141 e. The molecule has 0 aliphatic heterocycles. The van der Waals surface area contributed by atoms with Crippen LogP contribution in [0.25, 0.3) is 49.7 Å². The molecule has 0 atom stereocenters. The largest absolute Gasteiger partial charge is 0.506 e. The standard InChI is InChI=1S/C33H22N3OS.Pt/c1-21-11-17-31(34-20-21)36-28-10-6-5-9-25(28)26-13-12-23(19-29(26)36)38-32-18-15-27-24(22-7-3-2-4-8-22)14-16-30(37)33(27)35-32;/h2-18,20,37H,1H3;/q-1;. The van der Waals surface area contributed by atoms with E-state index in [1.165, 1.54) is 17.1 Å². The van der Waals surface area contributed by atoms with Gasteiger partial charge in [-0.2, -0.15) is 12.1 Å². The van der Waals surface area contributed by atoms with Gasteiger partial charge >= 0.3 is 0 Å². The molecule has 7 rings (SSSR count). The summed E-state index contributed by atoms with van der Waals surface area (Å²) in [4.78, 5) is 10.5. The van der Waals surface area contributed by atoms with Crippen molar-refractivity contribution in [3.8, 4) is 22.7 Å². The van der Waals surface area contributed by atoms with Crippen LogP contribution < -0.4 is 0 Å². The number of phenols is 1. The number of benzene rings is 4. The Morgan fingerprint density at radius 3 is 2.38 bits per heavy atom. The molecule has 0 saturated heterocycles. The van der Waals surface area contributed by atoms with Crippen LogP contribution in [0.1, 0.15) is 5.56 Å². The number of phenolic OH excluding ortho intramolecular Hbond substituents is 1. The van der Waals surface area contributed by atoms with E-state index in [0.717, 1.165) is 54.2 Å². The van der Waals surface area contributed by atoms with Gasteiger partial charge in [-0.05, 0) is 65.4 Å². The Labute approximate surface area is 244 Å². The summed E-state index contributed by atoms with van der Waals surface area (Å²) in [6, 6.07) is 38.2. The predicted octanol–water partition coefficient (Wildman–Crippen LogP) is 8.36. The van der Waals surface area contributed by atoms with Gasteiger partial charge in [-0.3, -0.25) is 0 Å². The van der Waals surface area contributed by atoms with E-state index in [4.69, 9.17) is 9.97 Å². The molecule has 3 aromatic heterocycles. The Kier molecular flexibility index (Phi) is 6.72. The maximum Gasteiger partial charge on any atom is 0.141 e. The van der Waals surface area contributed by atoms with Gasteiger partial charge in [0.1, 0.15) is 17.1 Å². The van der Waals surface area contributed by atoms with Crippen LogP contribution in [0.5, 0.6) is 5.75 Å². The fourth-order valence-electron chi connectivity index (χ4n) is 4.99. The Bertz CT molecular complexity index is 1970. The molecule has 7 aromatic rings. The number of aryl methyl sites for hydroxylation is 1. The number of pyridine rings is 2. The van der Waals surface area contributed by atoms with Crippen LogP contribution in [-0.4, -0.2) is 19.6 Å². The minimum Gasteiger partial charge on any atom is -0.506 e. The second-order valence-electron chi connectivity index (χ2n) is 9.28. The third-order valence-corrected chi connectivity index (χ3v) is 7.69. The first-order valence-electron chi connectivity index (χ1n) is 12.4. The number of para-hydroxylation sites is 1. The van der Waals surface area contributed by atoms with E-state index in [0.29, 0.717) is 5.52 Å². The Hall–Kier alpha value is -3.92. The summed E-state index contributed by atoms with van der Waals surface area (Å²) in [6.45, 7) is 2.04. The fraction of sp³-hybridized carbons (Fsp3) is 0.0303. The average Bonchev–Trinajstić information content (AvgIpc) is 3.28. The van der Waals surface area contributed by atoms with Crippen LogP contribution in [0.15, 0.2) is 119 Å². The molecule has 0 bridgehead atoms. The molecule has 1 N–H and O–H groups in total. The Balaban J connectivity index is 0.00000277. The number of aromatic nitrogens is 3. The van der Waals surface area contributed by atoms with Crippen molar-refractivity contribution < 1.29 is 26.2 Å². The zero-order valence-corrected chi connectivity index (χ0v) is 24.0. The minimum atomic E-state index is 0. The molecule has 39 heavy (non-hydrogen) atoms. The zero-order valence-electron chi connectivity index (χ0n) is 20.9. The van der Waals surface area contributed by atoms with E-state index in [-0.39, 0.29) is 26.8 Å². The van der Waals surface area contributed by atoms with Gasteiger partial charge < -0.3 is 9.67 Å². The van der Waals surface area contributed by atoms with Crippen LogP contribution in [0, 0.1) is 13.0 Å². The molecule has 0 fully saturated rings. The quantitative estimate of drug-likeness (QED) is 0.187. The minimum absolute atomic E-state index is 0. The van der Waals surface area contributed by atoms with Crippen LogP contribution in [0.2, 0.25) is 0 Å². The maximum absolute atomic E-state index is 10.6. The molecule has 0 aliphatic carbocycles. The van der Waals surface area contributed by atoms with Crippen molar-refractivity contribution in [2.45, 2.75) is 16.8 Å². The van der Waals surface area contributed by atoms with Gasteiger partial charge in [0.05, 0.1) is 5.03 Å². The number of fused-ring (bicyclic) bond motifs is 4. The molecule has 0 unspecified atom stereocenters. The second kappa shape index (κ2) is 10.3. The summed E-state index contributed by atoms with van der Waals surface area (Å²) in [6.07, 6.45) is 1.89. The first kappa shape index (κ1) is 25.4. The molecule has 3 heterocycles. The van der Waals surface area contributed by atoms with Crippen LogP contribution in [-0.2, 0) is 21.1 Å². The van der Waals surface area contributed by atoms with Gasteiger partial charge in [0, 0.05) is 38.2 Å². The fourth-order valence-corrected chi connectivity index (χ4v) is 5.77. The molecule has 0 spiro atoms. The van der Waals surface area contributed by atoms with Gasteiger partial charge in [0.15, 0.2) is 0 Å². The van der Waals surface area contributed by atoms with E-state index in [2.05, 4.69) is 65.2 Å². The molecule has 192 valence electrons. The zero-order chi connectivity index (χ0) is 25.6. The van der Waals surface area contributed by atoms with Crippen LogP contribution >= 0.6 is 11.8 Å². The predicted molar refractivity (Wildman–Crippen MR) is 155 cm³/mol. The van der Waals surface area contributed by atoms with Gasteiger partial charge in [-0.1, -0.05) is 76.8 Å². The van der Waals surface area contributed by atoms with Gasteiger partial charge in [-0.15, -0.1) is 11.5 Å². The topological polar surface area (TPSA) is 50.9 Å². The molecule has 0 amide bonds. The first-order chi connectivity index (χ1) is 18.7. The molecular weight excluding hydrogens is 682 g/mol. The van der Waals surface area contributed by atoms with E-state index < -0.39 is 0 Å².